The molecule has 0 unspecified atom stereocenters. The topological polar surface area (TPSA) is 97.4 Å². The van der Waals surface area contributed by atoms with Crippen molar-refractivity contribution < 1.29 is 17.9 Å². The molecule has 1 aromatic heterocycles. The first-order valence-electron chi connectivity index (χ1n) is 7.30. The molecule has 0 fully saturated rings. The van der Waals surface area contributed by atoms with Gasteiger partial charge >= 0.3 is 0 Å². The second-order valence-corrected chi connectivity index (χ2v) is 7.92. The van der Waals surface area contributed by atoms with Crippen LogP contribution in [0.25, 0.3) is 10.2 Å². The van der Waals surface area contributed by atoms with Gasteiger partial charge in [0.15, 0.2) is 11.7 Å². The molecule has 0 atom stereocenters. The maximum Gasteiger partial charge on any atom is 0.264 e. The maximum absolute atomic E-state index is 12.0. The van der Waals surface area contributed by atoms with E-state index in [0.717, 1.165) is 0 Å². The van der Waals surface area contributed by atoms with Crippen LogP contribution in [0.2, 0.25) is 0 Å². The van der Waals surface area contributed by atoms with Gasteiger partial charge in [-0.05, 0) is 37.4 Å². The molecule has 0 spiro atoms. The molecule has 0 aliphatic carbocycles. The lowest BCUT2D eigenvalue weighted by Gasteiger charge is -2.04. The number of para-hydroxylation sites is 1. The van der Waals surface area contributed by atoms with E-state index in [1.807, 2.05) is 18.2 Å². The van der Waals surface area contributed by atoms with Crippen molar-refractivity contribution in [3.8, 4) is 5.75 Å². The van der Waals surface area contributed by atoms with Crippen LogP contribution in [0.15, 0.2) is 53.4 Å². The summed E-state index contributed by atoms with van der Waals surface area (Å²) < 4.78 is 32.0. The van der Waals surface area contributed by atoms with E-state index in [1.54, 1.807) is 18.2 Å². The summed E-state index contributed by atoms with van der Waals surface area (Å²) in [6.45, 7) is -0.140. The van der Waals surface area contributed by atoms with Crippen LogP contribution < -0.4 is 14.8 Å². The number of aromatic nitrogens is 1. The molecule has 0 bridgehead atoms. The second kappa shape index (κ2) is 7.18. The van der Waals surface area contributed by atoms with Gasteiger partial charge < -0.3 is 4.74 Å². The SMILES string of the molecule is CNS(=O)(=O)c1ccc2nc(NC(=O)COc3ccccc3)sc2c1. The molecule has 25 heavy (non-hydrogen) atoms. The first-order chi connectivity index (χ1) is 12.0. The number of hydrogen-bond acceptors (Lipinski definition) is 6. The predicted octanol–water partition coefficient (Wildman–Crippen LogP) is 2.22. The van der Waals surface area contributed by atoms with Gasteiger partial charge in [-0.1, -0.05) is 29.5 Å². The highest BCUT2D eigenvalue weighted by Crippen LogP contribution is 2.28. The molecule has 1 heterocycles. The normalized spacial score (nSPS) is 11.4. The van der Waals surface area contributed by atoms with Crippen LogP contribution in [0.1, 0.15) is 0 Å². The molecule has 9 heteroatoms. The van der Waals surface area contributed by atoms with Crippen molar-refractivity contribution in [3.05, 3.63) is 48.5 Å². The molecule has 0 aliphatic rings. The minimum Gasteiger partial charge on any atom is -0.484 e. The Morgan fingerprint density at radius 1 is 1.20 bits per heavy atom. The van der Waals surface area contributed by atoms with Gasteiger partial charge in [0.1, 0.15) is 5.75 Å². The summed E-state index contributed by atoms with van der Waals surface area (Å²) in [6.07, 6.45) is 0. The molecule has 3 aromatic rings. The number of carbonyl (C=O) groups excluding carboxylic acids is 1. The van der Waals surface area contributed by atoms with Gasteiger partial charge in [-0.2, -0.15) is 0 Å². The van der Waals surface area contributed by atoms with Crippen LogP contribution in [-0.2, 0) is 14.8 Å². The molecule has 1 amide bonds. The molecule has 3 rings (SSSR count). The third-order valence-electron chi connectivity index (χ3n) is 3.30. The first-order valence-corrected chi connectivity index (χ1v) is 9.60. The van der Waals surface area contributed by atoms with Gasteiger partial charge in [-0.3, -0.25) is 10.1 Å². The van der Waals surface area contributed by atoms with Crippen molar-refractivity contribution in [1.29, 1.82) is 0 Å². The van der Waals surface area contributed by atoms with E-state index in [9.17, 15) is 13.2 Å². The second-order valence-electron chi connectivity index (χ2n) is 5.01. The third kappa shape index (κ3) is 4.13. The van der Waals surface area contributed by atoms with Crippen LogP contribution in [0, 0.1) is 0 Å². The summed E-state index contributed by atoms with van der Waals surface area (Å²) in [5.74, 6) is 0.259. The Balaban J connectivity index is 1.70. The fraction of sp³-hybridized carbons (Fsp3) is 0.125. The Kier molecular flexibility index (Phi) is 4.98. The first kappa shape index (κ1) is 17.3. The van der Waals surface area contributed by atoms with Gasteiger partial charge in [0.05, 0.1) is 15.1 Å². The molecule has 130 valence electrons. The number of amides is 1. The minimum absolute atomic E-state index is 0.140. The zero-order valence-corrected chi connectivity index (χ0v) is 14.9. The number of benzene rings is 2. The highest BCUT2D eigenvalue weighted by atomic mass is 32.2. The van der Waals surface area contributed by atoms with Gasteiger partial charge in [-0.25, -0.2) is 18.1 Å². The van der Waals surface area contributed by atoms with E-state index >= 15 is 0 Å². The molecule has 2 N–H and O–H groups in total. The standard InChI is InChI=1S/C16H15N3O4S2/c1-17-25(21,22)12-7-8-13-14(9-12)24-16(18-13)19-15(20)10-23-11-5-3-2-4-6-11/h2-9,17H,10H2,1H3,(H,18,19,20). The Morgan fingerprint density at radius 3 is 2.68 bits per heavy atom. The number of sulfonamides is 1. The molecule has 7 nitrogen and oxygen atoms in total. The smallest absolute Gasteiger partial charge is 0.264 e. The number of thiazole rings is 1. The Labute approximate surface area is 148 Å². The number of hydrogen-bond donors (Lipinski definition) is 2. The van der Waals surface area contributed by atoms with Gasteiger partial charge in [0, 0.05) is 0 Å². The Hall–Kier alpha value is -2.49. The molecular weight excluding hydrogens is 362 g/mol. The summed E-state index contributed by atoms with van der Waals surface area (Å²) >= 11 is 1.20. The quantitative estimate of drug-likeness (QED) is 0.686. The maximum atomic E-state index is 12.0. The van der Waals surface area contributed by atoms with Crippen LogP contribution in [0.5, 0.6) is 5.75 Å². The average molecular weight is 377 g/mol. The number of rotatable bonds is 6. The number of nitrogens with one attached hydrogen (secondary N) is 2. The summed E-state index contributed by atoms with van der Waals surface area (Å²) in [5.41, 5.74) is 0.610. The summed E-state index contributed by atoms with van der Waals surface area (Å²) in [6, 6.07) is 13.6. The highest BCUT2D eigenvalue weighted by Gasteiger charge is 2.14. The Morgan fingerprint density at radius 2 is 1.96 bits per heavy atom. The zero-order valence-electron chi connectivity index (χ0n) is 13.2. The van der Waals surface area contributed by atoms with E-state index in [4.69, 9.17) is 4.74 Å². The van der Waals surface area contributed by atoms with Crippen molar-refractivity contribution in [2.45, 2.75) is 4.90 Å². The fourth-order valence-corrected chi connectivity index (χ4v) is 3.82. The number of anilines is 1. The van der Waals surface area contributed by atoms with E-state index in [-0.39, 0.29) is 17.4 Å². The van der Waals surface area contributed by atoms with Crippen molar-refractivity contribution >= 4 is 42.6 Å². The van der Waals surface area contributed by atoms with E-state index < -0.39 is 10.0 Å². The average Bonchev–Trinajstić information content (AvgIpc) is 3.02. The third-order valence-corrected chi connectivity index (χ3v) is 5.64. The molecule has 0 aliphatic heterocycles. The number of fused-ring (bicyclic) bond motifs is 1. The summed E-state index contributed by atoms with van der Waals surface area (Å²) in [4.78, 5) is 16.4. The number of nitrogens with zero attached hydrogens (tertiary/aromatic N) is 1. The van der Waals surface area contributed by atoms with Crippen molar-refractivity contribution in [2.75, 3.05) is 19.0 Å². The largest absolute Gasteiger partial charge is 0.484 e. The number of carbonyl (C=O) groups is 1. The molecular formula is C16H15N3O4S2. The molecule has 0 radical (unpaired) electrons. The minimum atomic E-state index is -3.52. The fourth-order valence-electron chi connectivity index (χ4n) is 2.06. The van der Waals surface area contributed by atoms with E-state index in [2.05, 4.69) is 15.0 Å². The molecule has 0 saturated heterocycles. The molecule has 0 saturated carbocycles. The zero-order chi connectivity index (χ0) is 17.9. The van der Waals surface area contributed by atoms with Crippen molar-refractivity contribution in [3.63, 3.8) is 0 Å². The predicted molar refractivity (Wildman–Crippen MR) is 96.4 cm³/mol. The van der Waals surface area contributed by atoms with Crippen LogP contribution in [0.4, 0.5) is 5.13 Å². The summed E-state index contributed by atoms with van der Waals surface area (Å²) in [5, 5.41) is 3.04. The van der Waals surface area contributed by atoms with Crippen molar-refractivity contribution in [2.24, 2.45) is 0 Å². The number of ether oxygens (including phenoxy) is 1. The van der Waals surface area contributed by atoms with Crippen LogP contribution in [0.3, 0.4) is 0 Å². The van der Waals surface area contributed by atoms with E-state index in [0.29, 0.717) is 21.1 Å². The molecule has 2 aromatic carbocycles. The lowest BCUT2D eigenvalue weighted by Crippen LogP contribution is -2.19. The van der Waals surface area contributed by atoms with E-state index in [1.165, 1.54) is 30.5 Å². The Bertz CT molecular complexity index is 1000. The van der Waals surface area contributed by atoms with Gasteiger partial charge in [0.25, 0.3) is 5.91 Å². The monoisotopic (exact) mass is 377 g/mol. The van der Waals surface area contributed by atoms with Crippen LogP contribution >= 0.6 is 11.3 Å². The van der Waals surface area contributed by atoms with Gasteiger partial charge in [0.2, 0.25) is 10.0 Å². The van der Waals surface area contributed by atoms with Crippen molar-refractivity contribution in [1.82, 2.24) is 9.71 Å². The lowest BCUT2D eigenvalue weighted by atomic mass is 10.3. The summed E-state index contributed by atoms with van der Waals surface area (Å²) in [7, 11) is -2.17. The lowest BCUT2D eigenvalue weighted by molar-refractivity contribution is -0.118. The van der Waals surface area contributed by atoms with Crippen LogP contribution in [-0.4, -0.2) is 33.0 Å². The highest BCUT2D eigenvalue weighted by molar-refractivity contribution is 7.89. The van der Waals surface area contributed by atoms with Gasteiger partial charge in [-0.15, -0.1) is 0 Å².